The third kappa shape index (κ3) is 3.04. The Hall–Kier alpha value is -1.04. The second kappa shape index (κ2) is 5.73. The Morgan fingerprint density at radius 2 is 2.11 bits per heavy atom. The molecule has 0 fully saturated rings. The van der Waals surface area contributed by atoms with E-state index in [1.807, 2.05) is 19.3 Å². The highest BCUT2D eigenvalue weighted by Crippen LogP contribution is 2.25. The van der Waals surface area contributed by atoms with Crippen LogP contribution >= 0.6 is 22.6 Å². The average molecular weight is 356 g/mol. The summed E-state index contributed by atoms with van der Waals surface area (Å²) in [4.78, 5) is 0. The summed E-state index contributed by atoms with van der Waals surface area (Å²) in [6.07, 6.45) is 1.88. The van der Waals surface area contributed by atoms with Crippen LogP contribution in [-0.4, -0.2) is 9.78 Å². The van der Waals surface area contributed by atoms with E-state index < -0.39 is 0 Å². The van der Waals surface area contributed by atoms with E-state index >= 15 is 0 Å². The first kappa shape index (κ1) is 13.4. The molecule has 0 N–H and O–H groups in total. The van der Waals surface area contributed by atoms with Crippen molar-refractivity contribution in [2.45, 2.75) is 26.4 Å². The minimum atomic E-state index is 0.502. The standard InChI is InChI=1S/C14H17IN2O/c1-10(2)11-5-4-6-13(15)12(11)9-18-14-7-8-17(3)16-14/h4-8,10H,9H2,1-3H3. The number of aromatic nitrogens is 2. The predicted molar refractivity (Wildman–Crippen MR) is 80.8 cm³/mol. The summed E-state index contributed by atoms with van der Waals surface area (Å²) in [5, 5.41) is 4.22. The van der Waals surface area contributed by atoms with Crippen molar-refractivity contribution >= 4 is 22.6 Å². The fourth-order valence-electron chi connectivity index (χ4n) is 1.89. The Balaban J connectivity index is 2.18. The van der Waals surface area contributed by atoms with Crippen LogP contribution in [-0.2, 0) is 13.7 Å². The van der Waals surface area contributed by atoms with Crippen LogP contribution in [0.5, 0.6) is 5.88 Å². The molecule has 0 amide bonds. The molecule has 2 aromatic rings. The van der Waals surface area contributed by atoms with E-state index in [0.717, 1.165) is 0 Å². The van der Waals surface area contributed by atoms with Gasteiger partial charge in [0, 0.05) is 28.4 Å². The maximum absolute atomic E-state index is 5.75. The quantitative estimate of drug-likeness (QED) is 0.781. The van der Waals surface area contributed by atoms with Crippen molar-refractivity contribution in [3.63, 3.8) is 0 Å². The van der Waals surface area contributed by atoms with Crippen molar-refractivity contribution in [3.8, 4) is 5.88 Å². The molecule has 0 aliphatic rings. The lowest BCUT2D eigenvalue weighted by molar-refractivity contribution is 0.288. The van der Waals surface area contributed by atoms with Crippen LogP contribution in [0.2, 0.25) is 0 Å². The van der Waals surface area contributed by atoms with Gasteiger partial charge in [-0.25, -0.2) is 0 Å². The number of halogens is 1. The normalized spacial score (nSPS) is 10.9. The van der Waals surface area contributed by atoms with Crippen LogP contribution in [0.3, 0.4) is 0 Å². The first-order chi connectivity index (χ1) is 8.58. The van der Waals surface area contributed by atoms with Gasteiger partial charge in [-0.3, -0.25) is 4.68 Å². The van der Waals surface area contributed by atoms with Gasteiger partial charge in [0.15, 0.2) is 0 Å². The number of hydrogen-bond acceptors (Lipinski definition) is 2. The lowest BCUT2D eigenvalue weighted by Gasteiger charge is -2.14. The summed E-state index contributed by atoms with van der Waals surface area (Å²) < 4.78 is 8.74. The lowest BCUT2D eigenvalue weighted by Crippen LogP contribution is -2.04. The fourth-order valence-corrected chi connectivity index (χ4v) is 2.56. The molecule has 1 heterocycles. The molecule has 0 radical (unpaired) electrons. The van der Waals surface area contributed by atoms with E-state index in [2.05, 4.69) is 59.7 Å². The van der Waals surface area contributed by atoms with Gasteiger partial charge < -0.3 is 4.74 Å². The zero-order valence-corrected chi connectivity index (χ0v) is 13.0. The molecule has 0 aliphatic carbocycles. The van der Waals surface area contributed by atoms with E-state index in [1.54, 1.807) is 4.68 Å². The Kier molecular flexibility index (Phi) is 4.27. The smallest absolute Gasteiger partial charge is 0.233 e. The molecule has 0 saturated carbocycles. The van der Waals surface area contributed by atoms with Crippen molar-refractivity contribution in [1.82, 2.24) is 9.78 Å². The monoisotopic (exact) mass is 356 g/mol. The Morgan fingerprint density at radius 1 is 1.33 bits per heavy atom. The zero-order valence-electron chi connectivity index (χ0n) is 10.9. The number of nitrogens with zero attached hydrogens (tertiary/aromatic N) is 2. The van der Waals surface area contributed by atoms with Crippen LogP contribution in [0.1, 0.15) is 30.9 Å². The number of aryl methyl sites for hydroxylation is 1. The maximum Gasteiger partial charge on any atom is 0.233 e. The van der Waals surface area contributed by atoms with Gasteiger partial charge in [0.2, 0.25) is 5.88 Å². The predicted octanol–water partition coefficient (Wildman–Crippen LogP) is 3.73. The molecule has 2 rings (SSSR count). The average Bonchev–Trinajstić information content (AvgIpc) is 2.73. The maximum atomic E-state index is 5.75. The van der Waals surface area contributed by atoms with E-state index in [4.69, 9.17) is 4.74 Å². The molecule has 18 heavy (non-hydrogen) atoms. The van der Waals surface area contributed by atoms with Gasteiger partial charge >= 0.3 is 0 Å². The van der Waals surface area contributed by atoms with Gasteiger partial charge in [-0.2, -0.15) is 0 Å². The second-order valence-electron chi connectivity index (χ2n) is 4.58. The molecule has 96 valence electrons. The van der Waals surface area contributed by atoms with Gasteiger partial charge in [-0.15, -0.1) is 5.10 Å². The zero-order chi connectivity index (χ0) is 13.1. The molecule has 1 aromatic carbocycles. The first-order valence-corrected chi connectivity index (χ1v) is 7.05. The fraction of sp³-hybridized carbons (Fsp3) is 0.357. The van der Waals surface area contributed by atoms with Crippen molar-refractivity contribution in [1.29, 1.82) is 0 Å². The molecule has 0 atom stereocenters. The van der Waals surface area contributed by atoms with Crippen LogP contribution in [0.15, 0.2) is 30.5 Å². The summed E-state index contributed by atoms with van der Waals surface area (Å²) in [5.74, 6) is 1.17. The highest BCUT2D eigenvalue weighted by atomic mass is 127. The van der Waals surface area contributed by atoms with E-state index in [9.17, 15) is 0 Å². The molecule has 4 heteroatoms. The number of benzene rings is 1. The van der Waals surface area contributed by atoms with Crippen LogP contribution in [0.25, 0.3) is 0 Å². The van der Waals surface area contributed by atoms with E-state index in [-0.39, 0.29) is 0 Å². The largest absolute Gasteiger partial charge is 0.472 e. The molecule has 0 spiro atoms. The second-order valence-corrected chi connectivity index (χ2v) is 5.74. The SMILES string of the molecule is CC(C)c1cccc(I)c1COc1ccn(C)n1. The Morgan fingerprint density at radius 3 is 2.72 bits per heavy atom. The minimum Gasteiger partial charge on any atom is -0.472 e. The number of hydrogen-bond donors (Lipinski definition) is 0. The minimum absolute atomic E-state index is 0.502. The summed E-state index contributed by atoms with van der Waals surface area (Å²) in [7, 11) is 1.89. The molecular weight excluding hydrogens is 339 g/mol. The number of rotatable bonds is 4. The van der Waals surface area contributed by atoms with Crippen molar-refractivity contribution in [3.05, 3.63) is 45.2 Å². The molecule has 1 aromatic heterocycles. The lowest BCUT2D eigenvalue weighted by atomic mass is 9.98. The van der Waals surface area contributed by atoms with Crippen LogP contribution in [0.4, 0.5) is 0 Å². The summed E-state index contributed by atoms with van der Waals surface area (Å²) in [6, 6.07) is 8.26. The third-order valence-corrected chi connectivity index (χ3v) is 3.84. The van der Waals surface area contributed by atoms with Crippen molar-refractivity contribution in [2.24, 2.45) is 7.05 Å². The first-order valence-electron chi connectivity index (χ1n) is 5.97. The molecular formula is C14H17IN2O. The van der Waals surface area contributed by atoms with Crippen molar-refractivity contribution < 1.29 is 4.74 Å². The van der Waals surface area contributed by atoms with Crippen LogP contribution < -0.4 is 4.74 Å². The summed E-state index contributed by atoms with van der Waals surface area (Å²) in [6.45, 7) is 4.98. The van der Waals surface area contributed by atoms with Gasteiger partial charge in [0.1, 0.15) is 6.61 Å². The van der Waals surface area contributed by atoms with Crippen molar-refractivity contribution in [2.75, 3.05) is 0 Å². The number of ether oxygens (including phenoxy) is 1. The van der Waals surface area contributed by atoms with E-state index in [1.165, 1.54) is 14.7 Å². The highest BCUT2D eigenvalue weighted by molar-refractivity contribution is 14.1. The molecule has 0 unspecified atom stereocenters. The van der Waals surface area contributed by atoms with Gasteiger partial charge in [0.05, 0.1) is 0 Å². The Labute approximate surface area is 121 Å². The third-order valence-electron chi connectivity index (χ3n) is 2.83. The molecule has 0 saturated heterocycles. The topological polar surface area (TPSA) is 27.1 Å². The molecule has 0 bridgehead atoms. The van der Waals surface area contributed by atoms with E-state index in [0.29, 0.717) is 18.4 Å². The Bertz CT molecular complexity index is 534. The van der Waals surface area contributed by atoms with Gasteiger partial charge in [0.25, 0.3) is 0 Å². The van der Waals surface area contributed by atoms with Gasteiger partial charge in [-0.05, 0) is 40.1 Å². The van der Waals surface area contributed by atoms with Gasteiger partial charge in [-0.1, -0.05) is 26.0 Å². The summed E-state index contributed by atoms with van der Waals surface area (Å²) in [5.41, 5.74) is 2.61. The van der Waals surface area contributed by atoms with Crippen LogP contribution in [0, 0.1) is 3.57 Å². The molecule has 3 nitrogen and oxygen atoms in total. The highest BCUT2D eigenvalue weighted by Gasteiger charge is 2.11. The summed E-state index contributed by atoms with van der Waals surface area (Å²) >= 11 is 2.36. The molecule has 0 aliphatic heterocycles.